The number of rotatable bonds is 2. The smallest absolute Gasteiger partial charge is 0.123 e. The maximum atomic E-state index is 13.6. The molecule has 2 nitrogen and oxygen atoms in total. The monoisotopic (exact) mass is 302 g/mol. The molecule has 0 radical (unpaired) electrons. The molecule has 2 fully saturated rings. The van der Waals surface area contributed by atoms with Crippen molar-refractivity contribution in [2.24, 2.45) is 5.92 Å². The zero-order valence-electron chi connectivity index (χ0n) is 13.4. The van der Waals surface area contributed by atoms with Crippen LogP contribution in [0.1, 0.15) is 50.5 Å². The fraction of sp³-hybridized carbons (Fsp3) is 0.684. The molecule has 0 bridgehead atoms. The molecule has 2 heterocycles. The number of likely N-dealkylation sites (tertiary alicyclic amines) is 1. The van der Waals surface area contributed by atoms with Crippen LogP contribution >= 0.6 is 0 Å². The standard InChI is InChI=1S/C19H27FN2/c20-16-6-7-18-17(12-16)19(14-21-18)8-10-22(11-9-19)13-15-4-2-1-3-5-15/h6-7,12,15,21H,1-5,8-11,13-14H2. The van der Waals surface area contributed by atoms with Gasteiger partial charge in [-0.2, -0.15) is 0 Å². The molecular formula is C19H27FN2. The van der Waals surface area contributed by atoms with Crippen LogP contribution in [0.5, 0.6) is 0 Å². The molecule has 1 aromatic rings. The highest BCUT2D eigenvalue weighted by Crippen LogP contribution is 2.44. The molecule has 1 aromatic carbocycles. The van der Waals surface area contributed by atoms with E-state index in [9.17, 15) is 4.39 Å². The number of benzene rings is 1. The average molecular weight is 302 g/mol. The van der Waals surface area contributed by atoms with Crippen LogP contribution in [0.4, 0.5) is 10.1 Å². The number of halogens is 1. The van der Waals surface area contributed by atoms with E-state index in [1.807, 2.05) is 6.07 Å². The minimum absolute atomic E-state index is 0.0912. The van der Waals surface area contributed by atoms with E-state index in [4.69, 9.17) is 0 Å². The van der Waals surface area contributed by atoms with E-state index in [0.717, 1.165) is 18.2 Å². The van der Waals surface area contributed by atoms with E-state index >= 15 is 0 Å². The second-order valence-electron chi connectivity index (χ2n) is 7.63. The van der Waals surface area contributed by atoms with Crippen LogP contribution in [0.25, 0.3) is 0 Å². The van der Waals surface area contributed by atoms with Crippen LogP contribution in [0.2, 0.25) is 0 Å². The topological polar surface area (TPSA) is 15.3 Å². The van der Waals surface area contributed by atoms with Crippen LogP contribution in [0.15, 0.2) is 18.2 Å². The first kappa shape index (κ1) is 14.5. The van der Waals surface area contributed by atoms with Gasteiger partial charge in [0, 0.05) is 24.2 Å². The second kappa shape index (κ2) is 5.84. The van der Waals surface area contributed by atoms with Crippen molar-refractivity contribution in [2.45, 2.75) is 50.4 Å². The third-order valence-corrected chi connectivity index (χ3v) is 6.22. The van der Waals surface area contributed by atoms with Gasteiger partial charge in [0.2, 0.25) is 0 Å². The molecule has 0 unspecified atom stereocenters. The first-order chi connectivity index (χ1) is 10.8. The molecule has 1 saturated carbocycles. The van der Waals surface area contributed by atoms with Crippen LogP contribution in [0, 0.1) is 11.7 Å². The lowest BCUT2D eigenvalue weighted by Crippen LogP contribution is -2.45. The number of fused-ring (bicyclic) bond motifs is 2. The van der Waals surface area contributed by atoms with Crippen LogP contribution in [0.3, 0.4) is 0 Å². The highest BCUT2D eigenvalue weighted by atomic mass is 19.1. The molecule has 0 aromatic heterocycles. The number of hydrogen-bond acceptors (Lipinski definition) is 2. The molecule has 2 aliphatic heterocycles. The Hall–Kier alpha value is -1.09. The van der Waals surface area contributed by atoms with Gasteiger partial charge in [-0.25, -0.2) is 4.39 Å². The van der Waals surface area contributed by atoms with E-state index in [-0.39, 0.29) is 11.2 Å². The van der Waals surface area contributed by atoms with Crippen molar-refractivity contribution < 1.29 is 4.39 Å². The molecule has 22 heavy (non-hydrogen) atoms. The third-order valence-electron chi connectivity index (χ3n) is 6.22. The zero-order chi connectivity index (χ0) is 15.0. The van der Waals surface area contributed by atoms with Crippen molar-refractivity contribution in [1.82, 2.24) is 4.90 Å². The van der Waals surface area contributed by atoms with Crippen molar-refractivity contribution in [1.29, 1.82) is 0 Å². The fourth-order valence-electron chi connectivity index (χ4n) is 4.81. The molecule has 3 aliphatic rings. The minimum Gasteiger partial charge on any atom is -0.384 e. The minimum atomic E-state index is -0.0912. The Labute approximate surface area is 133 Å². The molecule has 1 aliphatic carbocycles. The van der Waals surface area contributed by atoms with Gasteiger partial charge < -0.3 is 10.2 Å². The molecule has 3 heteroatoms. The van der Waals surface area contributed by atoms with Crippen LogP contribution < -0.4 is 5.32 Å². The Morgan fingerprint density at radius 1 is 1.14 bits per heavy atom. The van der Waals surface area contributed by atoms with Gasteiger partial charge in [0.15, 0.2) is 0 Å². The lowest BCUT2D eigenvalue weighted by molar-refractivity contribution is 0.135. The summed E-state index contributed by atoms with van der Waals surface area (Å²) in [6, 6.07) is 5.25. The molecule has 1 saturated heterocycles. The molecule has 4 rings (SSSR count). The quantitative estimate of drug-likeness (QED) is 0.882. The van der Waals surface area contributed by atoms with Crippen molar-refractivity contribution in [3.05, 3.63) is 29.6 Å². The fourth-order valence-corrected chi connectivity index (χ4v) is 4.81. The normalized spacial score (nSPS) is 25.1. The first-order valence-corrected chi connectivity index (χ1v) is 9.01. The summed E-state index contributed by atoms with van der Waals surface area (Å²) in [6.07, 6.45) is 9.49. The van der Waals surface area contributed by atoms with Crippen molar-refractivity contribution >= 4 is 5.69 Å². The number of hydrogen-bond donors (Lipinski definition) is 1. The molecule has 120 valence electrons. The Balaban J connectivity index is 1.41. The highest BCUT2D eigenvalue weighted by Gasteiger charge is 2.41. The molecule has 1 spiro atoms. The summed E-state index contributed by atoms with van der Waals surface area (Å²) < 4.78 is 13.6. The highest BCUT2D eigenvalue weighted by molar-refractivity contribution is 5.60. The van der Waals surface area contributed by atoms with Gasteiger partial charge in [0.05, 0.1) is 0 Å². The molecule has 1 N–H and O–H groups in total. The molecule has 0 amide bonds. The van der Waals surface area contributed by atoms with Crippen molar-refractivity contribution in [3.63, 3.8) is 0 Å². The Morgan fingerprint density at radius 3 is 2.68 bits per heavy atom. The summed E-state index contributed by atoms with van der Waals surface area (Å²) in [5.41, 5.74) is 2.56. The maximum Gasteiger partial charge on any atom is 0.123 e. The van der Waals surface area contributed by atoms with Gasteiger partial charge in [-0.1, -0.05) is 19.3 Å². The SMILES string of the molecule is Fc1ccc2c(c1)C1(CCN(CC3CCCCC3)CC1)CN2. The predicted octanol–water partition coefficient (Wildman–Crippen LogP) is 4.17. The summed E-state index contributed by atoms with van der Waals surface area (Å²) in [5, 5.41) is 3.50. The van der Waals surface area contributed by atoms with Crippen molar-refractivity contribution in [3.8, 4) is 0 Å². The van der Waals surface area contributed by atoms with Gasteiger partial charge in [-0.15, -0.1) is 0 Å². The van der Waals surface area contributed by atoms with Gasteiger partial charge in [0.25, 0.3) is 0 Å². The molecular weight excluding hydrogens is 275 g/mol. The Kier molecular flexibility index (Phi) is 3.85. The lowest BCUT2D eigenvalue weighted by Gasteiger charge is -2.41. The summed E-state index contributed by atoms with van der Waals surface area (Å²) >= 11 is 0. The van der Waals surface area contributed by atoms with E-state index in [2.05, 4.69) is 10.2 Å². The van der Waals surface area contributed by atoms with Crippen LogP contribution in [-0.4, -0.2) is 31.1 Å². The summed E-state index contributed by atoms with van der Waals surface area (Å²) in [4.78, 5) is 2.67. The Morgan fingerprint density at radius 2 is 1.91 bits per heavy atom. The van der Waals surface area contributed by atoms with Crippen molar-refractivity contribution in [2.75, 3.05) is 31.5 Å². The average Bonchev–Trinajstić information content (AvgIpc) is 2.89. The predicted molar refractivity (Wildman–Crippen MR) is 88.8 cm³/mol. The summed E-state index contributed by atoms with van der Waals surface area (Å²) in [6.45, 7) is 4.63. The number of piperidine rings is 1. The van der Waals surface area contributed by atoms with Gasteiger partial charge >= 0.3 is 0 Å². The van der Waals surface area contributed by atoms with E-state index in [1.165, 1.54) is 70.1 Å². The largest absolute Gasteiger partial charge is 0.384 e. The Bertz CT molecular complexity index is 528. The zero-order valence-corrected chi connectivity index (χ0v) is 13.4. The number of anilines is 1. The van der Waals surface area contributed by atoms with Crippen LogP contribution in [-0.2, 0) is 5.41 Å². The van der Waals surface area contributed by atoms with E-state index in [0.29, 0.717) is 0 Å². The summed E-state index contributed by atoms with van der Waals surface area (Å²) in [5.74, 6) is 0.834. The number of nitrogens with zero attached hydrogens (tertiary/aromatic N) is 1. The third kappa shape index (κ3) is 2.64. The van der Waals surface area contributed by atoms with E-state index < -0.39 is 0 Å². The van der Waals surface area contributed by atoms with Gasteiger partial charge in [-0.05, 0) is 68.5 Å². The number of nitrogens with one attached hydrogen (secondary N) is 1. The van der Waals surface area contributed by atoms with Gasteiger partial charge in [0.1, 0.15) is 5.82 Å². The van der Waals surface area contributed by atoms with E-state index in [1.54, 1.807) is 12.1 Å². The maximum absolute atomic E-state index is 13.6. The summed E-state index contributed by atoms with van der Waals surface area (Å²) in [7, 11) is 0. The second-order valence-corrected chi connectivity index (χ2v) is 7.63. The van der Waals surface area contributed by atoms with Gasteiger partial charge in [-0.3, -0.25) is 0 Å². The first-order valence-electron chi connectivity index (χ1n) is 9.01. The molecule has 0 atom stereocenters. The lowest BCUT2D eigenvalue weighted by atomic mass is 9.74.